The van der Waals surface area contributed by atoms with Gasteiger partial charge < -0.3 is 5.32 Å². The number of amides is 1. The third-order valence-corrected chi connectivity index (χ3v) is 5.31. The molecule has 162 valence electrons. The van der Waals surface area contributed by atoms with Gasteiger partial charge in [-0.3, -0.25) is 9.78 Å². The molecule has 5 aromatic rings. The van der Waals surface area contributed by atoms with E-state index in [1.807, 2.05) is 30.3 Å². The summed E-state index contributed by atoms with van der Waals surface area (Å²) in [5.74, 6) is -1.11. The molecule has 0 aliphatic carbocycles. The Bertz CT molecular complexity index is 1500. The number of para-hydroxylation sites is 1. The molecular weight excluding hydrogens is 419 g/mol. The van der Waals surface area contributed by atoms with Crippen LogP contribution in [-0.2, 0) is 6.54 Å². The number of carbonyl (C=O) groups is 1. The van der Waals surface area contributed by atoms with Crippen molar-refractivity contribution in [1.29, 1.82) is 0 Å². The number of halogens is 1. The first-order valence-corrected chi connectivity index (χ1v) is 10.4. The van der Waals surface area contributed by atoms with Gasteiger partial charge in [-0.15, -0.1) is 11.7 Å². The highest BCUT2D eigenvalue weighted by Crippen LogP contribution is 2.24. The number of rotatable bonds is 6. The quantitative estimate of drug-likeness (QED) is 0.403. The van der Waals surface area contributed by atoms with Crippen molar-refractivity contribution >= 4 is 28.0 Å². The van der Waals surface area contributed by atoms with E-state index < -0.39 is 11.7 Å². The van der Waals surface area contributed by atoms with Crippen LogP contribution in [0.1, 0.15) is 15.9 Å². The van der Waals surface area contributed by atoms with Gasteiger partial charge in [0.1, 0.15) is 11.3 Å². The molecule has 8 heteroatoms. The molecule has 3 aromatic heterocycles. The number of pyridine rings is 2. The summed E-state index contributed by atoms with van der Waals surface area (Å²) in [6.07, 6.45) is 3.30. The number of hydrogen-bond donors (Lipinski definition) is 1. The van der Waals surface area contributed by atoms with E-state index in [1.54, 1.807) is 29.1 Å². The van der Waals surface area contributed by atoms with Crippen molar-refractivity contribution < 1.29 is 9.18 Å². The number of hydrogen-bond acceptors (Lipinski definition) is 5. The fraction of sp³-hybridized carbons (Fsp3) is 0.0800. The Morgan fingerprint density at radius 2 is 2.00 bits per heavy atom. The van der Waals surface area contributed by atoms with Gasteiger partial charge >= 0.3 is 0 Å². The highest BCUT2D eigenvalue weighted by atomic mass is 19.1. The molecular formula is C25H19FN6O. The second-order valence-electron chi connectivity index (χ2n) is 7.47. The fourth-order valence-electron chi connectivity index (χ4n) is 3.70. The van der Waals surface area contributed by atoms with Crippen molar-refractivity contribution in [2.75, 3.05) is 6.54 Å². The van der Waals surface area contributed by atoms with Crippen LogP contribution in [0.25, 0.3) is 33.3 Å². The molecule has 1 N–H and O–H groups in total. The van der Waals surface area contributed by atoms with E-state index in [1.165, 1.54) is 18.2 Å². The lowest BCUT2D eigenvalue weighted by Gasteiger charge is -2.08. The maximum Gasteiger partial charge on any atom is 0.254 e. The third kappa shape index (κ3) is 3.94. The van der Waals surface area contributed by atoms with Crippen LogP contribution in [0.4, 0.5) is 4.39 Å². The maximum absolute atomic E-state index is 14.6. The maximum atomic E-state index is 14.6. The Kier molecular flexibility index (Phi) is 5.32. The first-order valence-electron chi connectivity index (χ1n) is 10.4. The molecule has 0 bridgehead atoms. The minimum Gasteiger partial charge on any atom is -0.348 e. The van der Waals surface area contributed by atoms with Crippen molar-refractivity contribution in [3.8, 4) is 11.3 Å². The van der Waals surface area contributed by atoms with E-state index in [-0.39, 0.29) is 12.1 Å². The van der Waals surface area contributed by atoms with E-state index in [9.17, 15) is 9.18 Å². The van der Waals surface area contributed by atoms with Crippen LogP contribution in [-0.4, -0.2) is 37.4 Å². The lowest BCUT2D eigenvalue weighted by atomic mass is 10.1. The number of nitrogens with one attached hydrogen (secondary N) is 1. The molecule has 0 saturated heterocycles. The first-order chi connectivity index (χ1) is 16.1. The average Bonchev–Trinajstić information content (AvgIpc) is 3.24. The monoisotopic (exact) mass is 438 g/mol. The molecule has 0 radical (unpaired) electrons. The molecule has 0 unspecified atom stereocenters. The lowest BCUT2D eigenvalue weighted by Crippen LogP contribution is -2.24. The Morgan fingerprint density at radius 1 is 1.12 bits per heavy atom. The Labute approximate surface area is 188 Å². The van der Waals surface area contributed by atoms with E-state index in [2.05, 4.69) is 32.2 Å². The van der Waals surface area contributed by atoms with Crippen LogP contribution in [0, 0.1) is 5.82 Å². The normalized spacial score (nSPS) is 11.1. The van der Waals surface area contributed by atoms with Crippen molar-refractivity contribution in [1.82, 2.24) is 30.3 Å². The molecule has 5 rings (SSSR count). The van der Waals surface area contributed by atoms with Crippen LogP contribution in [0.5, 0.6) is 0 Å². The van der Waals surface area contributed by atoms with Crippen LogP contribution < -0.4 is 5.32 Å². The largest absolute Gasteiger partial charge is 0.348 e. The van der Waals surface area contributed by atoms with Gasteiger partial charge in [-0.05, 0) is 35.9 Å². The van der Waals surface area contributed by atoms with E-state index in [0.717, 1.165) is 16.5 Å². The predicted octanol–water partition coefficient (Wildman–Crippen LogP) is 4.14. The summed E-state index contributed by atoms with van der Waals surface area (Å²) >= 11 is 0. The fourth-order valence-corrected chi connectivity index (χ4v) is 3.70. The summed E-state index contributed by atoms with van der Waals surface area (Å²) in [5, 5.41) is 12.1. The van der Waals surface area contributed by atoms with Crippen LogP contribution >= 0.6 is 0 Å². The van der Waals surface area contributed by atoms with Gasteiger partial charge in [0.15, 0.2) is 5.65 Å². The molecule has 1 amide bonds. The molecule has 33 heavy (non-hydrogen) atoms. The minimum absolute atomic E-state index is 0.0307. The summed E-state index contributed by atoms with van der Waals surface area (Å²) in [5.41, 5.74) is 4.17. The Balaban J connectivity index is 1.49. The number of aromatic nitrogens is 5. The second-order valence-corrected chi connectivity index (χ2v) is 7.47. The third-order valence-electron chi connectivity index (χ3n) is 5.31. The van der Waals surface area contributed by atoms with E-state index >= 15 is 0 Å². The van der Waals surface area contributed by atoms with Gasteiger partial charge in [-0.1, -0.05) is 41.6 Å². The van der Waals surface area contributed by atoms with Crippen molar-refractivity contribution in [2.45, 2.75) is 6.54 Å². The van der Waals surface area contributed by atoms with Gasteiger partial charge in [0.25, 0.3) is 5.91 Å². The SMILES string of the molecule is C=CCNC(=O)c1ccc(-c2ccc3nnn(Cc4cccc5cccnc45)c3n2)cc1F. The summed E-state index contributed by atoms with van der Waals surface area (Å²) in [4.78, 5) is 21.3. The Morgan fingerprint density at radius 3 is 2.85 bits per heavy atom. The molecule has 0 atom stereocenters. The second kappa shape index (κ2) is 8.58. The van der Waals surface area contributed by atoms with Gasteiger partial charge in [0, 0.05) is 23.7 Å². The van der Waals surface area contributed by atoms with Crippen LogP contribution in [0.15, 0.2) is 79.5 Å². The molecule has 0 saturated carbocycles. The zero-order valence-corrected chi connectivity index (χ0v) is 17.6. The Hall–Kier alpha value is -4.46. The van der Waals surface area contributed by atoms with Crippen LogP contribution in [0.2, 0.25) is 0 Å². The molecule has 0 aliphatic heterocycles. The van der Waals surface area contributed by atoms with E-state index in [0.29, 0.717) is 29.0 Å². The number of fused-ring (bicyclic) bond motifs is 2. The van der Waals surface area contributed by atoms with Crippen molar-refractivity contribution in [3.63, 3.8) is 0 Å². The molecule has 0 spiro atoms. The highest BCUT2D eigenvalue weighted by Gasteiger charge is 2.15. The number of nitrogens with zero attached hydrogens (tertiary/aromatic N) is 5. The van der Waals surface area contributed by atoms with E-state index in [4.69, 9.17) is 0 Å². The molecule has 0 aliphatic rings. The summed E-state index contributed by atoms with van der Waals surface area (Å²) in [6.45, 7) is 4.25. The summed E-state index contributed by atoms with van der Waals surface area (Å²) < 4.78 is 16.3. The van der Waals surface area contributed by atoms with Crippen LogP contribution in [0.3, 0.4) is 0 Å². The van der Waals surface area contributed by atoms with Gasteiger partial charge in [0.2, 0.25) is 0 Å². The first kappa shape index (κ1) is 20.4. The molecule has 7 nitrogen and oxygen atoms in total. The number of benzene rings is 2. The van der Waals surface area contributed by atoms with Gasteiger partial charge in [-0.2, -0.15) is 0 Å². The van der Waals surface area contributed by atoms with Crippen molar-refractivity contribution in [3.05, 3.63) is 96.5 Å². The van der Waals surface area contributed by atoms with Gasteiger partial charge in [-0.25, -0.2) is 14.1 Å². The zero-order chi connectivity index (χ0) is 22.8. The standard InChI is InChI=1S/C25H19FN6O/c1-2-12-28-25(33)19-9-8-17(14-20(19)26)21-10-11-22-24(29-21)32(31-30-22)15-18-6-3-5-16-7-4-13-27-23(16)18/h2-11,13-14H,1,12,15H2,(H,28,33). The topological polar surface area (TPSA) is 85.6 Å². The zero-order valence-electron chi connectivity index (χ0n) is 17.6. The van der Waals surface area contributed by atoms with Gasteiger partial charge in [0.05, 0.1) is 23.3 Å². The smallest absolute Gasteiger partial charge is 0.254 e. The number of carbonyl (C=O) groups excluding carboxylic acids is 1. The highest BCUT2D eigenvalue weighted by molar-refractivity contribution is 5.95. The molecule has 3 heterocycles. The minimum atomic E-state index is -0.621. The predicted molar refractivity (Wildman–Crippen MR) is 124 cm³/mol. The van der Waals surface area contributed by atoms with Crippen molar-refractivity contribution in [2.24, 2.45) is 0 Å². The lowest BCUT2D eigenvalue weighted by molar-refractivity contribution is 0.0954. The molecule has 2 aromatic carbocycles. The molecule has 0 fully saturated rings. The average molecular weight is 438 g/mol. The summed E-state index contributed by atoms with van der Waals surface area (Å²) in [7, 11) is 0. The summed E-state index contributed by atoms with van der Waals surface area (Å²) in [6, 6.07) is 17.9.